The van der Waals surface area contributed by atoms with E-state index < -0.39 is 0 Å². The van der Waals surface area contributed by atoms with Gasteiger partial charge < -0.3 is 14.8 Å². The summed E-state index contributed by atoms with van der Waals surface area (Å²) in [6.45, 7) is 2.75. The third-order valence-electron chi connectivity index (χ3n) is 4.51. The summed E-state index contributed by atoms with van der Waals surface area (Å²) in [6, 6.07) is 18.4. The van der Waals surface area contributed by atoms with Crippen molar-refractivity contribution >= 4 is 22.5 Å². The summed E-state index contributed by atoms with van der Waals surface area (Å²) >= 11 is 0. The number of benzene rings is 2. The molecule has 2 aromatic carbocycles. The van der Waals surface area contributed by atoms with Crippen LogP contribution in [-0.2, 0) is 6.61 Å². The molecule has 1 amide bonds. The highest BCUT2D eigenvalue weighted by Gasteiger charge is 2.13. The van der Waals surface area contributed by atoms with Gasteiger partial charge in [0.1, 0.15) is 6.61 Å². The van der Waals surface area contributed by atoms with Crippen LogP contribution in [0.4, 0.5) is 5.69 Å². The number of ether oxygens (including phenoxy) is 2. The summed E-state index contributed by atoms with van der Waals surface area (Å²) in [6.07, 6.45) is 5.19. The van der Waals surface area contributed by atoms with Gasteiger partial charge in [-0.3, -0.25) is 14.8 Å². The van der Waals surface area contributed by atoms with Crippen LogP contribution in [0.1, 0.15) is 22.8 Å². The van der Waals surface area contributed by atoms with E-state index in [-0.39, 0.29) is 5.91 Å². The van der Waals surface area contributed by atoms with Crippen LogP contribution in [0.25, 0.3) is 10.9 Å². The lowest BCUT2D eigenvalue weighted by Gasteiger charge is -2.14. The molecule has 0 spiro atoms. The number of nitrogens with one attached hydrogen (secondary N) is 1. The van der Waals surface area contributed by atoms with Crippen molar-refractivity contribution in [3.05, 3.63) is 90.4 Å². The first kappa shape index (κ1) is 19.4. The topological polar surface area (TPSA) is 73.3 Å². The second-order valence-electron chi connectivity index (χ2n) is 6.60. The Morgan fingerprint density at radius 2 is 1.80 bits per heavy atom. The molecule has 4 aromatic rings. The second kappa shape index (κ2) is 9.05. The number of anilines is 1. The summed E-state index contributed by atoms with van der Waals surface area (Å²) in [5.41, 5.74) is 3.07. The van der Waals surface area contributed by atoms with Gasteiger partial charge in [-0.15, -0.1) is 0 Å². The highest BCUT2D eigenvalue weighted by Crippen LogP contribution is 2.30. The van der Waals surface area contributed by atoms with Crippen LogP contribution >= 0.6 is 0 Å². The molecule has 6 nitrogen and oxygen atoms in total. The molecular formula is C24H21N3O3. The van der Waals surface area contributed by atoms with Gasteiger partial charge in [0.2, 0.25) is 0 Å². The van der Waals surface area contributed by atoms with Crippen LogP contribution in [0.3, 0.4) is 0 Å². The van der Waals surface area contributed by atoms with Crippen molar-refractivity contribution in [1.29, 1.82) is 0 Å². The molecule has 0 aliphatic rings. The molecule has 0 saturated heterocycles. The monoisotopic (exact) mass is 399 g/mol. The van der Waals surface area contributed by atoms with E-state index in [0.29, 0.717) is 36.0 Å². The predicted octanol–water partition coefficient (Wildman–Crippen LogP) is 4.86. The molecule has 0 unspecified atom stereocenters. The molecule has 0 saturated carbocycles. The number of carbonyl (C=O) groups is 1. The number of fused-ring (bicyclic) bond motifs is 1. The van der Waals surface area contributed by atoms with Crippen LogP contribution in [-0.4, -0.2) is 22.5 Å². The summed E-state index contributed by atoms with van der Waals surface area (Å²) in [5, 5.41) is 3.89. The van der Waals surface area contributed by atoms with Crippen molar-refractivity contribution in [2.45, 2.75) is 13.5 Å². The number of amides is 1. The molecular weight excluding hydrogens is 378 g/mol. The van der Waals surface area contributed by atoms with Crippen molar-refractivity contribution in [3.8, 4) is 11.5 Å². The Bertz CT molecular complexity index is 1160. The Balaban J connectivity index is 1.51. The molecule has 6 heteroatoms. The molecule has 0 aliphatic carbocycles. The van der Waals surface area contributed by atoms with Crippen LogP contribution in [0, 0.1) is 0 Å². The minimum Gasteiger partial charge on any atom is -0.490 e. The van der Waals surface area contributed by atoms with Gasteiger partial charge in [-0.1, -0.05) is 6.07 Å². The number of pyridine rings is 2. The smallest absolute Gasteiger partial charge is 0.255 e. The number of aromatic nitrogens is 2. The molecule has 150 valence electrons. The number of hydrogen-bond acceptors (Lipinski definition) is 5. The highest BCUT2D eigenvalue weighted by atomic mass is 16.5. The first-order valence-electron chi connectivity index (χ1n) is 9.67. The number of rotatable bonds is 7. The molecule has 4 rings (SSSR count). The maximum Gasteiger partial charge on any atom is 0.255 e. The van der Waals surface area contributed by atoms with Gasteiger partial charge in [0, 0.05) is 35.2 Å². The van der Waals surface area contributed by atoms with Gasteiger partial charge in [0.25, 0.3) is 5.91 Å². The van der Waals surface area contributed by atoms with Gasteiger partial charge in [-0.05, 0) is 67.1 Å². The van der Waals surface area contributed by atoms with Crippen molar-refractivity contribution in [2.75, 3.05) is 11.9 Å². The van der Waals surface area contributed by atoms with E-state index in [9.17, 15) is 4.79 Å². The van der Waals surface area contributed by atoms with E-state index in [4.69, 9.17) is 9.47 Å². The van der Waals surface area contributed by atoms with Gasteiger partial charge in [-0.25, -0.2) is 0 Å². The molecule has 30 heavy (non-hydrogen) atoms. The molecule has 0 radical (unpaired) electrons. The lowest BCUT2D eigenvalue weighted by molar-refractivity contribution is 0.102. The largest absolute Gasteiger partial charge is 0.490 e. The molecule has 0 bridgehead atoms. The Kier molecular flexibility index (Phi) is 5.85. The summed E-state index contributed by atoms with van der Waals surface area (Å²) in [4.78, 5) is 21.1. The maximum absolute atomic E-state index is 12.8. The van der Waals surface area contributed by atoms with Crippen LogP contribution < -0.4 is 14.8 Å². The van der Waals surface area contributed by atoms with E-state index in [1.54, 1.807) is 36.8 Å². The van der Waals surface area contributed by atoms with Gasteiger partial charge in [0.15, 0.2) is 11.5 Å². The van der Waals surface area contributed by atoms with E-state index >= 15 is 0 Å². The molecule has 0 atom stereocenters. The normalized spacial score (nSPS) is 10.6. The Labute approximate surface area is 174 Å². The molecule has 1 N–H and O–H groups in total. The SMILES string of the molecule is CCOc1cc(C(=O)Nc2ccc3ncccc3c2)ccc1OCc1ccncc1. The fourth-order valence-corrected chi connectivity index (χ4v) is 3.03. The lowest BCUT2D eigenvalue weighted by atomic mass is 10.1. The van der Waals surface area contributed by atoms with Crippen molar-refractivity contribution in [1.82, 2.24) is 9.97 Å². The van der Waals surface area contributed by atoms with Crippen LogP contribution in [0.2, 0.25) is 0 Å². The molecule has 2 heterocycles. The minimum absolute atomic E-state index is 0.222. The number of nitrogens with zero attached hydrogens (tertiary/aromatic N) is 2. The average molecular weight is 399 g/mol. The third-order valence-corrected chi connectivity index (χ3v) is 4.51. The first-order chi connectivity index (χ1) is 14.7. The molecule has 0 fully saturated rings. The zero-order valence-corrected chi connectivity index (χ0v) is 16.5. The summed E-state index contributed by atoms with van der Waals surface area (Å²) in [7, 11) is 0. The fourth-order valence-electron chi connectivity index (χ4n) is 3.03. The van der Waals surface area contributed by atoms with Gasteiger partial charge >= 0.3 is 0 Å². The average Bonchev–Trinajstić information content (AvgIpc) is 2.79. The quantitative estimate of drug-likeness (QED) is 0.480. The van der Waals surface area contributed by atoms with Crippen LogP contribution in [0.15, 0.2) is 79.3 Å². The fraction of sp³-hybridized carbons (Fsp3) is 0.125. The zero-order valence-electron chi connectivity index (χ0n) is 16.5. The minimum atomic E-state index is -0.222. The predicted molar refractivity (Wildman–Crippen MR) is 116 cm³/mol. The highest BCUT2D eigenvalue weighted by molar-refractivity contribution is 6.05. The Morgan fingerprint density at radius 1 is 0.933 bits per heavy atom. The van der Waals surface area contributed by atoms with Gasteiger partial charge in [0.05, 0.1) is 12.1 Å². The van der Waals surface area contributed by atoms with E-state index in [0.717, 1.165) is 16.5 Å². The second-order valence-corrected chi connectivity index (χ2v) is 6.60. The lowest BCUT2D eigenvalue weighted by Crippen LogP contribution is -2.12. The third kappa shape index (κ3) is 4.55. The van der Waals surface area contributed by atoms with Crippen molar-refractivity contribution < 1.29 is 14.3 Å². The number of hydrogen-bond donors (Lipinski definition) is 1. The van der Waals surface area contributed by atoms with E-state index in [1.807, 2.05) is 49.4 Å². The van der Waals surface area contributed by atoms with E-state index in [1.165, 1.54) is 0 Å². The Hall–Kier alpha value is -3.93. The summed E-state index contributed by atoms with van der Waals surface area (Å²) < 4.78 is 11.6. The molecule has 2 aromatic heterocycles. The molecule has 0 aliphatic heterocycles. The maximum atomic E-state index is 12.8. The Morgan fingerprint density at radius 3 is 2.63 bits per heavy atom. The van der Waals surface area contributed by atoms with E-state index in [2.05, 4.69) is 15.3 Å². The number of carbonyl (C=O) groups excluding carboxylic acids is 1. The van der Waals surface area contributed by atoms with Crippen molar-refractivity contribution in [3.63, 3.8) is 0 Å². The standard InChI is InChI=1S/C24H21N3O3/c1-2-29-23-15-19(5-8-22(23)30-16-17-9-12-25-13-10-17)24(28)27-20-6-7-21-18(14-20)4-3-11-26-21/h3-15H,2,16H2,1H3,(H,27,28). The van der Waals surface area contributed by atoms with Crippen LogP contribution in [0.5, 0.6) is 11.5 Å². The first-order valence-corrected chi connectivity index (χ1v) is 9.67. The zero-order chi connectivity index (χ0) is 20.8. The van der Waals surface area contributed by atoms with Gasteiger partial charge in [-0.2, -0.15) is 0 Å². The van der Waals surface area contributed by atoms with Crippen molar-refractivity contribution in [2.24, 2.45) is 0 Å². The summed E-state index contributed by atoms with van der Waals surface area (Å²) in [5.74, 6) is 0.892.